The van der Waals surface area contributed by atoms with Crippen molar-refractivity contribution in [1.29, 1.82) is 0 Å². The molecule has 0 saturated carbocycles. The Bertz CT molecular complexity index is 3030. The number of rotatable bonds is 5. The SMILES string of the molecule is CC1(C)c2ccccc2-c2ccc(-c3ccccc3N(c3ccc(-c4cccc5c4sc4ccccc45)cc3)c3cccc4c3-c3ccccc3C4(C)C)cc21. The third-order valence-corrected chi connectivity index (χ3v) is 13.9. The van der Waals surface area contributed by atoms with Crippen LogP contribution in [0.1, 0.15) is 49.9 Å². The van der Waals surface area contributed by atoms with Crippen LogP contribution in [0.2, 0.25) is 0 Å². The number of nitrogens with zero attached hydrogens (tertiary/aromatic N) is 1. The number of fused-ring (bicyclic) bond motifs is 9. The molecular formula is C54H41NS. The first-order valence-corrected chi connectivity index (χ1v) is 20.5. The van der Waals surface area contributed by atoms with E-state index in [1.54, 1.807) is 0 Å². The van der Waals surface area contributed by atoms with E-state index in [2.05, 4.69) is 209 Å². The first-order valence-electron chi connectivity index (χ1n) is 19.7. The molecule has 8 aromatic carbocycles. The highest BCUT2D eigenvalue weighted by Crippen LogP contribution is 2.56. The Labute approximate surface area is 333 Å². The van der Waals surface area contributed by atoms with Crippen LogP contribution in [-0.2, 0) is 10.8 Å². The van der Waals surface area contributed by atoms with Gasteiger partial charge in [0.1, 0.15) is 0 Å². The fraction of sp³-hybridized carbons (Fsp3) is 0.111. The van der Waals surface area contributed by atoms with E-state index in [1.165, 1.54) is 92.6 Å². The molecule has 0 amide bonds. The first kappa shape index (κ1) is 33.1. The molecule has 0 saturated heterocycles. The molecular weight excluding hydrogens is 695 g/mol. The van der Waals surface area contributed by atoms with E-state index in [1.807, 2.05) is 11.3 Å². The van der Waals surface area contributed by atoms with Crippen LogP contribution >= 0.6 is 11.3 Å². The van der Waals surface area contributed by atoms with E-state index in [0.29, 0.717) is 0 Å². The summed E-state index contributed by atoms with van der Waals surface area (Å²) in [6.07, 6.45) is 0. The molecule has 9 aromatic rings. The minimum absolute atomic E-state index is 0.0841. The quantitative estimate of drug-likeness (QED) is 0.170. The normalized spacial score (nSPS) is 14.4. The fourth-order valence-electron chi connectivity index (χ4n) is 9.88. The van der Waals surface area contributed by atoms with Crippen molar-refractivity contribution in [3.05, 3.63) is 198 Å². The topological polar surface area (TPSA) is 3.24 Å². The van der Waals surface area contributed by atoms with Crippen molar-refractivity contribution in [2.45, 2.75) is 38.5 Å². The average molecular weight is 736 g/mol. The van der Waals surface area contributed by atoms with Gasteiger partial charge in [-0.2, -0.15) is 0 Å². The van der Waals surface area contributed by atoms with Crippen LogP contribution < -0.4 is 4.90 Å². The van der Waals surface area contributed by atoms with Crippen molar-refractivity contribution in [2.75, 3.05) is 4.90 Å². The summed E-state index contributed by atoms with van der Waals surface area (Å²) in [6.45, 7) is 9.47. The third-order valence-electron chi connectivity index (χ3n) is 12.7. The average Bonchev–Trinajstić information content (AvgIpc) is 3.82. The predicted molar refractivity (Wildman–Crippen MR) is 240 cm³/mol. The maximum atomic E-state index is 2.52. The maximum Gasteiger partial charge on any atom is 0.0543 e. The van der Waals surface area contributed by atoms with Crippen LogP contribution in [-0.4, -0.2) is 0 Å². The summed E-state index contributed by atoms with van der Waals surface area (Å²) in [5, 5.41) is 2.65. The molecule has 268 valence electrons. The van der Waals surface area contributed by atoms with Crippen LogP contribution in [0.15, 0.2) is 176 Å². The van der Waals surface area contributed by atoms with Gasteiger partial charge in [0.25, 0.3) is 0 Å². The summed E-state index contributed by atoms with van der Waals surface area (Å²) >= 11 is 1.89. The lowest BCUT2D eigenvalue weighted by Gasteiger charge is -2.31. The van der Waals surface area contributed by atoms with Gasteiger partial charge in [-0.1, -0.05) is 167 Å². The minimum Gasteiger partial charge on any atom is -0.309 e. The number of benzene rings is 8. The van der Waals surface area contributed by atoms with Gasteiger partial charge in [0.2, 0.25) is 0 Å². The molecule has 0 aliphatic heterocycles. The second-order valence-electron chi connectivity index (χ2n) is 16.5. The van der Waals surface area contributed by atoms with Gasteiger partial charge in [-0.25, -0.2) is 0 Å². The summed E-state index contributed by atoms with van der Waals surface area (Å²) in [5.74, 6) is 0. The van der Waals surface area contributed by atoms with E-state index in [4.69, 9.17) is 0 Å². The highest BCUT2D eigenvalue weighted by atomic mass is 32.1. The van der Waals surface area contributed by atoms with Gasteiger partial charge in [-0.15, -0.1) is 11.3 Å². The van der Waals surface area contributed by atoms with E-state index in [0.717, 1.165) is 11.4 Å². The second-order valence-corrected chi connectivity index (χ2v) is 17.5. The molecule has 0 atom stereocenters. The molecule has 0 unspecified atom stereocenters. The van der Waals surface area contributed by atoms with Crippen molar-refractivity contribution < 1.29 is 0 Å². The van der Waals surface area contributed by atoms with Crippen molar-refractivity contribution in [2.24, 2.45) is 0 Å². The van der Waals surface area contributed by atoms with E-state index < -0.39 is 0 Å². The van der Waals surface area contributed by atoms with E-state index >= 15 is 0 Å². The number of hydrogen-bond donors (Lipinski definition) is 0. The van der Waals surface area contributed by atoms with Gasteiger partial charge in [0, 0.05) is 47.8 Å². The zero-order valence-electron chi connectivity index (χ0n) is 32.1. The summed E-state index contributed by atoms with van der Waals surface area (Å²) < 4.78 is 2.67. The molecule has 0 spiro atoms. The predicted octanol–water partition coefficient (Wildman–Crippen LogP) is 15.5. The Balaban J connectivity index is 1.11. The number of anilines is 3. The molecule has 1 aromatic heterocycles. The summed E-state index contributed by atoms with van der Waals surface area (Å²) in [5.41, 5.74) is 19.1. The number of para-hydroxylation sites is 1. The van der Waals surface area contributed by atoms with Gasteiger partial charge in [0.05, 0.1) is 11.4 Å². The van der Waals surface area contributed by atoms with Crippen molar-refractivity contribution in [1.82, 2.24) is 0 Å². The molecule has 0 N–H and O–H groups in total. The Morgan fingerprint density at radius 3 is 1.77 bits per heavy atom. The monoisotopic (exact) mass is 735 g/mol. The molecule has 1 heterocycles. The number of thiophene rings is 1. The van der Waals surface area contributed by atoms with Crippen LogP contribution in [0, 0.1) is 0 Å². The molecule has 1 nitrogen and oxygen atoms in total. The summed E-state index contributed by atoms with van der Waals surface area (Å²) in [7, 11) is 0. The Kier molecular flexibility index (Phi) is 7.18. The lowest BCUT2D eigenvalue weighted by Crippen LogP contribution is -2.16. The van der Waals surface area contributed by atoms with Crippen molar-refractivity contribution >= 4 is 48.6 Å². The molecule has 11 rings (SSSR count). The van der Waals surface area contributed by atoms with Crippen molar-refractivity contribution in [3.63, 3.8) is 0 Å². The Morgan fingerprint density at radius 2 is 0.946 bits per heavy atom. The molecule has 2 heteroatoms. The van der Waals surface area contributed by atoms with Gasteiger partial charge in [0.15, 0.2) is 0 Å². The molecule has 2 aliphatic rings. The van der Waals surface area contributed by atoms with Crippen LogP contribution in [0.4, 0.5) is 17.1 Å². The van der Waals surface area contributed by atoms with Crippen molar-refractivity contribution in [3.8, 4) is 44.5 Å². The molecule has 0 fully saturated rings. The smallest absolute Gasteiger partial charge is 0.0543 e. The van der Waals surface area contributed by atoms with Crippen LogP contribution in [0.3, 0.4) is 0 Å². The Hall–Kier alpha value is -6.22. The maximum absolute atomic E-state index is 2.52. The minimum atomic E-state index is -0.111. The standard InChI is InChI=1S/C54H41NS/c1-53(2)45-22-10-6-18-43(45)51-46(53)23-14-25-49(51)55(36-30-27-34(28-31-36)38-19-13-20-42-41-17-8-12-26-50(41)56-52(38)42)48-24-11-7-15-37(48)35-29-32-40-39-16-5-9-21-44(39)54(3,4)47(40)33-35/h5-33H,1-4H3. The highest BCUT2D eigenvalue weighted by Gasteiger charge is 2.38. The fourth-order valence-corrected chi connectivity index (χ4v) is 11.1. The van der Waals surface area contributed by atoms with Crippen LogP contribution in [0.25, 0.3) is 64.7 Å². The van der Waals surface area contributed by atoms with Gasteiger partial charge in [-0.05, 0) is 92.0 Å². The lowest BCUT2D eigenvalue weighted by atomic mass is 9.81. The molecule has 56 heavy (non-hydrogen) atoms. The third kappa shape index (κ3) is 4.72. The summed E-state index contributed by atoms with van der Waals surface area (Å²) in [4.78, 5) is 2.52. The molecule has 0 radical (unpaired) electrons. The van der Waals surface area contributed by atoms with E-state index in [9.17, 15) is 0 Å². The van der Waals surface area contributed by atoms with Gasteiger partial charge < -0.3 is 4.90 Å². The largest absolute Gasteiger partial charge is 0.309 e. The lowest BCUT2D eigenvalue weighted by molar-refractivity contribution is 0.660. The Morgan fingerprint density at radius 1 is 0.393 bits per heavy atom. The van der Waals surface area contributed by atoms with Gasteiger partial charge in [-0.3, -0.25) is 0 Å². The zero-order valence-corrected chi connectivity index (χ0v) is 32.9. The van der Waals surface area contributed by atoms with Crippen LogP contribution in [0.5, 0.6) is 0 Å². The first-order chi connectivity index (χ1) is 27.3. The van der Waals surface area contributed by atoms with E-state index in [-0.39, 0.29) is 10.8 Å². The second kappa shape index (κ2) is 12.1. The highest BCUT2D eigenvalue weighted by molar-refractivity contribution is 7.26. The summed E-state index contributed by atoms with van der Waals surface area (Å²) in [6, 6.07) is 65.7. The molecule has 0 bridgehead atoms. The number of hydrogen-bond acceptors (Lipinski definition) is 2. The molecule has 2 aliphatic carbocycles. The zero-order chi connectivity index (χ0) is 37.8. The van der Waals surface area contributed by atoms with Gasteiger partial charge >= 0.3 is 0 Å².